The van der Waals surface area contributed by atoms with Gasteiger partial charge in [0.2, 0.25) is 0 Å². The minimum Gasteiger partial charge on any atom is -0.480 e. The molecule has 0 saturated heterocycles. The van der Waals surface area contributed by atoms with E-state index in [0.717, 1.165) is 29.8 Å². The maximum atomic E-state index is 11.0. The average Bonchev–Trinajstić information content (AvgIpc) is 2.61. The van der Waals surface area contributed by atoms with Gasteiger partial charge in [0.1, 0.15) is 6.04 Å². The molecule has 2 N–H and O–H groups in total. The molecule has 88 valence electrons. The minimum atomic E-state index is -0.808. The van der Waals surface area contributed by atoms with Crippen LogP contribution in [-0.4, -0.2) is 22.8 Å². The number of nitrogens with one attached hydrogen (secondary N) is 1. The van der Waals surface area contributed by atoms with Gasteiger partial charge in [0.05, 0.1) is 0 Å². The average molecular weight is 230 g/mol. The van der Waals surface area contributed by atoms with Gasteiger partial charge in [-0.3, -0.25) is 4.99 Å². The van der Waals surface area contributed by atoms with Crippen molar-refractivity contribution in [3.63, 3.8) is 0 Å². The predicted octanol–water partition coefficient (Wildman–Crippen LogP) is 1.62. The summed E-state index contributed by atoms with van der Waals surface area (Å²) in [4.78, 5) is 15.4. The Morgan fingerprint density at radius 1 is 1.47 bits per heavy atom. The van der Waals surface area contributed by atoms with Crippen molar-refractivity contribution in [2.45, 2.75) is 25.3 Å². The predicted molar refractivity (Wildman–Crippen MR) is 64.6 cm³/mol. The highest BCUT2D eigenvalue weighted by atomic mass is 16.4. The molecule has 3 rings (SSSR count). The van der Waals surface area contributed by atoms with Crippen LogP contribution in [0.15, 0.2) is 40.7 Å². The number of hydrogen-bond acceptors (Lipinski definition) is 3. The maximum Gasteiger partial charge on any atom is 0.328 e. The van der Waals surface area contributed by atoms with Gasteiger partial charge in [0.15, 0.2) is 0 Å². The lowest BCUT2D eigenvalue weighted by molar-refractivity contribution is -0.138. The molecule has 4 nitrogen and oxygen atoms in total. The first kappa shape index (κ1) is 10.3. The lowest BCUT2D eigenvalue weighted by Crippen LogP contribution is -2.23. The Kier molecular flexibility index (Phi) is 2.35. The van der Waals surface area contributed by atoms with E-state index in [1.807, 2.05) is 24.4 Å². The summed E-state index contributed by atoms with van der Waals surface area (Å²) in [6, 6.07) is -0.550. The number of nitrogens with zero attached hydrogens (tertiary/aromatic N) is 1. The number of carbonyl (C=O) groups is 1. The van der Waals surface area contributed by atoms with E-state index in [0.29, 0.717) is 12.3 Å². The third kappa shape index (κ3) is 1.69. The highest BCUT2D eigenvalue weighted by Crippen LogP contribution is 2.35. The molecule has 2 atom stereocenters. The first-order valence-electron chi connectivity index (χ1n) is 5.89. The number of rotatable bonds is 1. The molecule has 2 heterocycles. The number of aliphatic imine (C=N–C) groups is 1. The fourth-order valence-electron chi connectivity index (χ4n) is 2.71. The van der Waals surface area contributed by atoms with Crippen molar-refractivity contribution in [3.8, 4) is 0 Å². The van der Waals surface area contributed by atoms with E-state index in [4.69, 9.17) is 5.11 Å². The molecular formula is C13H14N2O2. The van der Waals surface area contributed by atoms with Crippen molar-refractivity contribution in [1.29, 1.82) is 0 Å². The van der Waals surface area contributed by atoms with E-state index in [9.17, 15) is 4.79 Å². The van der Waals surface area contributed by atoms with E-state index >= 15 is 0 Å². The molecule has 4 heteroatoms. The molecule has 0 amide bonds. The quantitative estimate of drug-likeness (QED) is 0.719. The Morgan fingerprint density at radius 3 is 3.18 bits per heavy atom. The summed E-state index contributed by atoms with van der Waals surface area (Å²) in [5.41, 5.74) is 3.23. The highest BCUT2D eigenvalue weighted by Gasteiger charge is 2.36. The number of allylic oxidation sites excluding steroid dienone is 5. The molecule has 0 bridgehead atoms. The molecule has 0 saturated carbocycles. The lowest BCUT2D eigenvalue weighted by Gasteiger charge is -2.23. The van der Waals surface area contributed by atoms with Crippen LogP contribution in [0.5, 0.6) is 0 Å². The molecule has 0 aromatic carbocycles. The van der Waals surface area contributed by atoms with Gasteiger partial charge < -0.3 is 10.4 Å². The standard InChI is InChI=1S/C13H14N2O2/c16-13(17)11-7-8-4-5-10-9(12(8)15-11)3-1-2-6-14-10/h1-3,6,8,11,14H,4-5,7H2,(H,16,17). The van der Waals surface area contributed by atoms with Crippen LogP contribution in [0, 0.1) is 5.92 Å². The van der Waals surface area contributed by atoms with Crippen LogP contribution >= 0.6 is 0 Å². The largest absolute Gasteiger partial charge is 0.480 e. The summed E-state index contributed by atoms with van der Waals surface area (Å²) in [5, 5.41) is 12.3. The molecule has 3 aliphatic rings. The highest BCUT2D eigenvalue weighted by molar-refractivity contribution is 6.08. The third-order valence-electron chi connectivity index (χ3n) is 3.55. The molecule has 0 radical (unpaired) electrons. The Bertz CT molecular complexity index is 486. The minimum absolute atomic E-state index is 0.319. The number of carboxylic acids is 1. The Hall–Kier alpha value is -1.84. The van der Waals surface area contributed by atoms with Crippen LogP contribution in [0.4, 0.5) is 0 Å². The van der Waals surface area contributed by atoms with Crippen molar-refractivity contribution in [1.82, 2.24) is 5.32 Å². The fourth-order valence-corrected chi connectivity index (χ4v) is 2.71. The fraction of sp³-hybridized carbons (Fsp3) is 0.385. The van der Waals surface area contributed by atoms with Crippen LogP contribution in [0.2, 0.25) is 0 Å². The molecular weight excluding hydrogens is 216 g/mol. The first-order chi connectivity index (χ1) is 8.25. The van der Waals surface area contributed by atoms with E-state index in [1.54, 1.807) is 0 Å². The van der Waals surface area contributed by atoms with E-state index in [2.05, 4.69) is 10.3 Å². The lowest BCUT2D eigenvalue weighted by atomic mass is 9.83. The second-order valence-corrected chi connectivity index (χ2v) is 4.59. The van der Waals surface area contributed by atoms with Gasteiger partial charge in [-0.2, -0.15) is 0 Å². The van der Waals surface area contributed by atoms with E-state index < -0.39 is 12.0 Å². The summed E-state index contributed by atoms with van der Waals surface area (Å²) in [6.45, 7) is 0. The van der Waals surface area contributed by atoms with Crippen LogP contribution in [0.25, 0.3) is 0 Å². The Morgan fingerprint density at radius 2 is 2.35 bits per heavy atom. The van der Waals surface area contributed by atoms with Gasteiger partial charge in [-0.1, -0.05) is 12.2 Å². The normalized spacial score (nSPS) is 30.2. The van der Waals surface area contributed by atoms with Crippen molar-refractivity contribution in [2.75, 3.05) is 0 Å². The van der Waals surface area contributed by atoms with Gasteiger partial charge in [0.25, 0.3) is 0 Å². The van der Waals surface area contributed by atoms with Gasteiger partial charge in [-0.15, -0.1) is 0 Å². The topological polar surface area (TPSA) is 61.7 Å². The molecule has 17 heavy (non-hydrogen) atoms. The molecule has 2 aliphatic heterocycles. The third-order valence-corrected chi connectivity index (χ3v) is 3.55. The van der Waals surface area contributed by atoms with Crippen molar-refractivity contribution < 1.29 is 9.90 Å². The summed E-state index contributed by atoms with van der Waals surface area (Å²) in [6.07, 6.45) is 10.5. The molecule has 0 fully saturated rings. The molecule has 1 aliphatic carbocycles. The number of hydrogen-bond donors (Lipinski definition) is 2. The Labute approximate surface area is 99.4 Å². The number of carboxylic acid groups (broad SMARTS) is 1. The van der Waals surface area contributed by atoms with Crippen LogP contribution in [0.3, 0.4) is 0 Å². The summed E-state index contributed by atoms with van der Waals surface area (Å²) in [7, 11) is 0. The Balaban J connectivity index is 1.99. The van der Waals surface area contributed by atoms with Crippen molar-refractivity contribution in [2.24, 2.45) is 10.9 Å². The maximum absolute atomic E-state index is 11.0. The zero-order valence-electron chi connectivity index (χ0n) is 9.39. The van der Waals surface area contributed by atoms with Crippen LogP contribution in [-0.2, 0) is 4.79 Å². The van der Waals surface area contributed by atoms with Gasteiger partial charge in [0, 0.05) is 29.1 Å². The molecule has 0 spiro atoms. The molecule has 0 aromatic rings. The second kappa shape index (κ2) is 3.87. The summed E-state index contributed by atoms with van der Waals surface area (Å²) >= 11 is 0. The van der Waals surface area contributed by atoms with Gasteiger partial charge in [-0.05, 0) is 25.3 Å². The van der Waals surface area contributed by atoms with Gasteiger partial charge in [-0.25, -0.2) is 4.79 Å². The summed E-state index contributed by atoms with van der Waals surface area (Å²) in [5.74, 6) is -0.489. The van der Waals surface area contributed by atoms with Crippen LogP contribution in [0.1, 0.15) is 19.3 Å². The van der Waals surface area contributed by atoms with Gasteiger partial charge >= 0.3 is 5.97 Å². The zero-order chi connectivity index (χ0) is 11.8. The van der Waals surface area contributed by atoms with Crippen molar-refractivity contribution in [3.05, 3.63) is 35.7 Å². The smallest absolute Gasteiger partial charge is 0.328 e. The zero-order valence-corrected chi connectivity index (χ0v) is 9.39. The summed E-state index contributed by atoms with van der Waals surface area (Å²) < 4.78 is 0. The first-order valence-corrected chi connectivity index (χ1v) is 5.89. The molecule has 0 aromatic heterocycles. The van der Waals surface area contributed by atoms with E-state index in [1.165, 1.54) is 0 Å². The van der Waals surface area contributed by atoms with Crippen LogP contribution < -0.4 is 5.32 Å². The van der Waals surface area contributed by atoms with Crippen molar-refractivity contribution >= 4 is 11.7 Å². The molecule has 2 unspecified atom stereocenters. The van der Waals surface area contributed by atoms with E-state index in [-0.39, 0.29) is 0 Å². The number of fused-ring (bicyclic) bond motifs is 2. The SMILES string of the molecule is O=C(O)C1CC2CCC3=C(C=CC=CN3)C2=N1. The number of aliphatic carboxylic acids is 1. The second-order valence-electron chi connectivity index (χ2n) is 4.59. The monoisotopic (exact) mass is 230 g/mol.